The van der Waals surface area contributed by atoms with Crippen LogP contribution in [0, 0.1) is 0 Å². The Morgan fingerprint density at radius 2 is 1.82 bits per heavy atom. The number of H-pyrrole nitrogens is 1. The highest BCUT2D eigenvalue weighted by Crippen LogP contribution is 2.33. The van der Waals surface area contributed by atoms with Gasteiger partial charge in [-0.05, 0) is 6.92 Å². The van der Waals surface area contributed by atoms with Crippen molar-refractivity contribution in [2.24, 2.45) is 0 Å². The molecule has 0 bridgehead atoms. The zero-order chi connectivity index (χ0) is 27.7. The average Bonchev–Trinajstić information content (AvgIpc) is 3.30. The van der Waals surface area contributed by atoms with E-state index in [4.69, 9.17) is 4.74 Å². The second-order valence-corrected chi connectivity index (χ2v) is 9.09. The summed E-state index contributed by atoms with van der Waals surface area (Å²) in [5, 5.41) is 9.90. The Bertz CT molecular complexity index is 1340. The maximum absolute atomic E-state index is 13.2. The summed E-state index contributed by atoms with van der Waals surface area (Å²) in [6, 6.07) is 0.951. The lowest BCUT2D eigenvalue weighted by molar-refractivity contribution is -0.139. The monoisotopic (exact) mass is 563 g/mol. The molecule has 0 aromatic carbocycles. The Labute approximate surface area is 214 Å². The first kappa shape index (κ1) is 27.2. The number of aromatic amines is 1. The van der Waals surface area contributed by atoms with Crippen LogP contribution in [-0.4, -0.2) is 58.4 Å². The van der Waals surface area contributed by atoms with Gasteiger partial charge in [0.2, 0.25) is 11.9 Å². The van der Waals surface area contributed by atoms with Crippen molar-refractivity contribution in [3.05, 3.63) is 51.5 Å². The van der Waals surface area contributed by atoms with Gasteiger partial charge in [-0.25, -0.2) is 15.1 Å². The van der Waals surface area contributed by atoms with Gasteiger partial charge in [0.15, 0.2) is 0 Å². The summed E-state index contributed by atoms with van der Waals surface area (Å²) in [7, 11) is 0. The highest BCUT2D eigenvalue weighted by Gasteiger charge is 2.37. The van der Waals surface area contributed by atoms with Gasteiger partial charge in [0.05, 0.1) is 23.5 Å². The van der Waals surface area contributed by atoms with E-state index in [2.05, 4.69) is 20.4 Å². The lowest BCUT2D eigenvalue weighted by Gasteiger charge is -2.33. The van der Waals surface area contributed by atoms with Gasteiger partial charge < -0.3 is 19.9 Å². The number of alkyl halides is 6. The van der Waals surface area contributed by atoms with E-state index in [1.807, 2.05) is 0 Å². The molecule has 3 aromatic rings. The van der Waals surface area contributed by atoms with Crippen LogP contribution in [0.2, 0.25) is 0 Å². The van der Waals surface area contributed by atoms with Crippen molar-refractivity contribution in [1.29, 1.82) is 0 Å². The van der Waals surface area contributed by atoms with Crippen molar-refractivity contribution >= 4 is 33.9 Å². The second kappa shape index (κ2) is 10.5. The number of piperazine rings is 1. The average molecular weight is 563 g/mol. The molecule has 38 heavy (non-hydrogen) atoms. The van der Waals surface area contributed by atoms with E-state index >= 15 is 0 Å². The number of halogens is 6. The van der Waals surface area contributed by atoms with Crippen molar-refractivity contribution in [3.8, 4) is 5.75 Å². The molecule has 2 N–H and O–H groups in total. The van der Waals surface area contributed by atoms with Gasteiger partial charge in [0.1, 0.15) is 29.5 Å². The molecule has 0 aliphatic carbocycles. The van der Waals surface area contributed by atoms with Crippen LogP contribution < -0.4 is 25.4 Å². The molecule has 0 saturated carbocycles. The summed E-state index contributed by atoms with van der Waals surface area (Å²) in [5.74, 6) is 0.0525. The number of hydrogen-bond donors (Lipinski definition) is 2. The molecule has 1 aliphatic rings. The Hall–Kier alpha value is -3.89. The quantitative estimate of drug-likeness (QED) is 0.421. The molecule has 10 nitrogen and oxygen atoms in total. The van der Waals surface area contributed by atoms with Gasteiger partial charge in [-0.3, -0.25) is 9.59 Å². The number of thiophene rings is 1. The third-order valence-electron chi connectivity index (χ3n) is 5.34. The molecule has 0 unspecified atom stereocenters. The Balaban J connectivity index is 1.33. The molecule has 4 rings (SSSR count). The molecule has 1 atom stereocenters. The van der Waals surface area contributed by atoms with Gasteiger partial charge in [0, 0.05) is 36.9 Å². The van der Waals surface area contributed by atoms with Crippen molar-refractivity contribution in [3.63, 3.8) is 0 Å². The molecule has 1 amide bonds. The predicted octanol–water partition coefficient (Wildman–Crippen LogP) is 3.39. The smallest absolute Gasteiger partial charge is 0.423 e. The van der Waals surface area contributed by atoms with Crippen LogP contribution in [0.15, 0.2) is 34.8 Å². The summed E-state index contributed by atoms with van der Waals surface area (Å²) in [6.45, 7) is 1.84. The number of nitrogens with zero attached hydrogens (tertiary/aromatic N) is 5. The molecule has 204 valence electrons. The number of carbonyl (C=O) groups excluding carboxylic acids is 1. The molecule has 1 saturated heterocycles. The molecule has 0 spiro atoms. The van der Waals surface area contributed by atoms with Crippen molar-refractivity contribution in [1.82, 2.24) is 20.2 Å². The number of hydrogen-bond acceptors (Lipinski definition) is 9. The lowest BCUT2D eigenvalue weighted by Crippen LogP contribution is -2.51. The minimum absolute atomic E-state index is 0.00646. The number of ether oxygens (including phenoxy) is 1. The van der Waals surface area contributed by atoms with Gasteiger partial charge >= 0.3 is 12.4 Å². The number of rotatable bonds is 7. The minimum Gasteiger partial charge on any atom is -0.491 e. The van der Waals surface area contributed by atoms with E-state index in [0.717, 1.165) is 6.20 Å². The number of carbonyl (C=O) groups is 1. The molecular weight excluding hydrogens is 544 g/mol. The first-order chi connectivity index (χ1) is 17.8. The summed E-state index contributed by atoms with van der Waals surface area (Å²) in [4.78, 5) is 34.7. The fourth-order valence-corrected chi connectivity index (χ4v) is 4.43. The number of nitrogens with one attached hydrogen (secondary N) is 2. The van der Waals surface area contributed by atoms with E-state index in [1.54, 1.807) is 23.5 Å². The van der Waals surface area contributed by atoms with E-state index in [9.17, 15) is 35.9 Å². The highest BCUT2D eigenvalue weighted by atomic mass is 32.1. The van der Waals surface area contributed by atoms with Crippen LogP contribution in [0.3, 0.4) is 0 Å². The van der Waals surface area contributed by atoms with Gasteiger partial charge in [-0.2, -0.15) is 31.4 Å². The van der Waals surface area contributed by atoms with Crippen LogP contribution in [0.4, 0.5) is 43.0 Å². The van der Waals surface area contributed by atoms with E-state index in [0.29, 0.717) is 23.1 Å². The van der Waals surface area contributed by atoms with Crippen LogP contribution in [0.1, 0.15) is 18.1 Å². The maximum Gasteiger partial charge on any atom is 0.423 e. The first-order valence-electron chi connectivity index (χ1n) is 10.9. The third-order valence-corrected chi connectivity index (χ3v) is 6.27. The Morgan fingerprint density at radius 1 is 1.11 bits per heavy atom. The first-order valence-corrected chi connectivity index (χ1v) is 11.8. The van der Waals surface area contributed by atoms with E-state index < -0.39 is 40.8 Å². The minimum atomic E-state index is -4.88. The highest BCUT2D eigenvalue weighted by molar-refractivity contribution is 7.14. The normalized spacial score (nSPS) is 15.5. The van der Waals surface area contributed by atoms with E-state index in [1.165, 1.54) is 21.1 Å². The standard InChI is InChI=1S/C21H19F6N7O3S/c1-11(31-14-7-30-32-18(36)17(14)21(25,26)27)9-37-13-4-16(38-10-13)34-3-2-33(8-15(34)35)19-28-5-12(6-29-19)20(22,23)24/h4-7,10-11H,2-3,8-9H2,1H3,(H2,31,32,36)/t11-/m0/s1. The number of aromatic nitrogens is 4. The third kappa shape index (κ3) is 6.15. The Morgan fingerprint density at radius 3 is 2.45 bits per heavy atom. The van der Waals surface area contributed by atoms with Gasteiger partial charge in [-0.1, -0.05) is 0 Å². The van der Waals surface area contributed by atoms with Gasteiger partial charge in [-0.15, -0.1) is 11.3 Å². The molecule has 17 heteroatoms. The number of amides is 1. The van der Waals surface area contributed by atoms with Gasteiger partial charge in [0.25, 0.3) is 5.56 Å². The SMILES string of the molecule is C[C@@H](COc1csc(N2CCN(c3ncc(C(F)(F)F)cn3)CC2=O)c1)Nc1cn[nH]c(=O)c1C(F)(F)F. The van der Waals surface area contributed by atoms with Crippen molar-refractivity contribution in [2.45, 2.75) is 25.3 Å². The van der Waals surface area contributed by atoms with Crippen LogP contribution in [0.5, 0.6) is 5.75 Å². The molecule has 1 aliphatic heterocycles. The largest absolute Gasteiger partial charge is 0.491 e. The number of anilines is 3. The van der Waals surface area contributed by atoms with Crippen LogP contribution >= 0.6 is 11.3 Å². The summed E-state index contributed by atoms with van der Waals surface area (Å²) < 4.78 is 83.4. The van der Waals surface area contributed by atoms with Crippen molar-refractivity contribution < 1.29 is 35.9 Å². The molecule has 4 heterocycles. The summed E-state index contributed by atoms with van der Waals surface area (Å²) >= 11 is 1.21. The van der Waals surface area contributed by atoms with Crippen LogP contribution in [-0.2, 0) is 17.1 Å². The van der Waals surface area contributed by atoms with E-state index in [-0.39, 0.29) is 38.1 Å². The Kier molecular flexibility index (Phi) is 7.48. The van der Waals surface area contributed by atoms with Crippen LogP contribution in [0.25, 0.3) is 0 Å². The molecular formula is C21H19F6N7O3S. The fraction of sp³-hybridized carbons (Fsp3) is 0.381. The predicted molar refractivity (Wildman–Crippen MR) is 124 cm³/mol. The zero-order valence-electron chi connectivity index (χ0n) is 19.4. The lowest BCUT2D eigenvalue weighted by atomic mass is 10.2. The fourth-order valence-electron chi connectivity index (χ4n) is 3.55. The van der Waals surface area contributed by atoms with Crippen molar-refractivity contribution in [2.75, 3.05) is 41.4 Å². The maximum atomic E-state index is 13.2. The topological polar surface area (TPSA) is 116 Å². The second-order valence-electron chi connectivity index (χ2n) is 8.20. The summed E-state index contributed by atoms with van der Waals surface area (Å²) in [6.07, 6.45) is -7.26. The zero-order valence-corrected chi connectivity index (χ0v) is 20.2. The molecule has 3 aromatic heterocycles. The molecule has 0 radical (unpaired) electrons. The molecule has 1 fully saturated rings. The summed E-state index contributed by atoms with van der Waals surface area (Å²) in [5.41, 5.74) is -4.23.